The number of hydrogen-bond donors (Lipinski definition) is 2. The van der Waals surface area contributed by atoms with Gasteiger partial charge in [-0.15, -0.1) is 0 Å². The molecular formula is C17H11F3N2O4. The maximum Gasteiger partial charge on any atom is 0.433 e. The van der Waals surface area contributed by atoms with Gasteiger partial charge in [-0.2, -0.15) is 13.2 Å². The molecule has 0 radical (unpaired) electrons. The van der Waals surface area contributed by atoms with Crippen molar-refractivity contribution in [3.05, 3.63) is 58.5 Å². The predicted octanol–water partition coefficient (Wildman–Crippen LogP) is 3.07. The molecule has 0 fully saturated rings. The quantitative estimate of drug-likeness (QED) is 0.742. The third-order valence-corrected chi connectivity index (χ3v) is 3.48. The van der Waals surface area contributed by atoms with E-state index in [0.717, 1.165) is 0 Å². The van der Waals surface area contributed by atoms with Crippen molar-refractivity contribution in [2.24, 2.45) is 0 Å². The molecule has 1 aromatic heterocycles. The second-order valence-electron chi connectivity index (χ2n) is 5.38. The summed E-state index contributed by atoms with van der Waals surface area (Å²) in [5.74, 6) is -0.962. The Hall–Kier alpha value is -3.36. The Bertz CT molecular complexity index is 1040. The molecule has 9 heteroatoms. The van der Waals surface area contributed by atoms with Gasteiger partial charge >= 0.3 is 12.1 Å². The number of aromatic amines is 1. The van der Waals surface area contributed by atoms with Gasteiger partial charge in [-0.3, -0.25) is 4.79 Å². The number of halogens is 3. The zero-order chi connectivity index (χ0) is 18.9. The molecule has 0 saturated carbocycles. The largest absolute Gasteiger partial charge is 0.482 e. The number of fused-ring (bicyclic) bond motifs is 1. The van der Waals surface area contributed by atoms with E-state index in [2.05, 4.69) is 9.97 Å². The summed E-state index contributed by atoms with van der Waals surface area (Å²) in [7, 11) is 0. The molecule has 0 spiro atoms. The highest BCUT2D eigenvalue weighted by Gasteiger charge is 2.33. The molecule has 2 N–H and O–H groups in total. The van der Waals surface area contributed by atoms with Crippen molar-refractivity contribution < 1.29 is 27.8 Å². The van der Waals surface area contributed by atoms with Gasteiger partial charge in [0.25, 0.3) is 5.56 Å². The van der Waals surface area contributed by atoms with E-state index in [4.69, 9.17) is 9.84 Å². The van der Waals surface area contributed by atoms with Gasteiger partial charge in [-0.05, 0) is 29.0 Å². The SMILES string of the molecule is O=C(O)COc1ccc2cc(-c3nc(C(F)(F)F)cc(=O)[nH]3)ccc2c1. The van der Waals surface area contributed by atoms with Crippen LogP contribution in [0.1, 0.15) is 5.69 Å². The normalized spacial score (nSPS) is 11.5. The Labute approximate surface area is 143 Å². The molecule has 26 heavy (non-hydrogen) atoms. The van der Waals surface area contributed by atoms with Crippen LogP contribution in [0.5, 0.6) is 5.75 Å². The fourth-order valence-corrected chi connectivity index (χ4v) is 2.35. The highest BCUT2D eigenvalue weighted by atomic mass is 19.4. The number of rotatable bonds is 4. The van der Waals surface area contributed by atoms with Gasteiger partial charge in [0.2, 0.25) is 0 Å². The average molecular weight is 364 g/mol. The smallest absolute Gasteiger partial charge is 0.433 e. The number of nitrogens with one attached hydrogen (secondary N) is 1. The van der Waals surface area contributed by atoms with Crippen LogP contribution < -0.4 is 10.3 Å². The molecule has 2 aromatic carbocycles. The number of nitrogens with zero attached hydrogens (tertiary/aromatic N) is 1. The number of carboxylic acid groups (broad SMARTS) is 1. The first-order valence-corrected chi connectivity index (χ1v) is 7.30. The summed E-state index contributed by atoms with van der Waals surface area (Å²) in [6.07, 6.45) is -4.73. The number of carboxylic acids is 1. The van der Waals surface area contributed by atoms with Crippen LogP contribution in [-0.2, 0) is 11.0 Å². The molecule has 0 aliphatic heterocycles. The molecule has 0 unspecified atom stereocenters. The molecule has 0 aliphatic carbocycles. The Morgan fingerprint density at radius 1 is 1.12 bits per heavy atom. The van der Waals surface area contributed by atoms with Gasteiger partial charge < -0.3 is 14.8 Å². The third kappa shape index (κ3) is 3.82. The third-order valence-electron chi connectivity index (χ3n) is 3.48. The van der Waals surface area contributed by atoms with Crippen molar-refractivity contribution in [1.29, 1.82) is 0 Å². The molecule has 0 saturated heterocycles. The molecule has 0 bridgehead atoms. The summed E-state index contributed by atoms with van der Waals surface area (Å²) in [5.41, 5.74) is -1.87. The van der Waals surface area contributed by atoms with Gasteiger partial charge in [0.15, 0.2) is 12.3 Å². The average Bonchev–Trinajstić information content (AvgIpc) is 2.58. The number of benzene rings is 2. The molecule has 0 amide bonds. The van der Waals surface area contributed by atoms with E-state index in [9.17, 15) is 22.8 Å². The van der Waals surface area contributed by atoms with Crippen LogP contribution in [-0.4, -0.2) is 27.7 Å². The molecular weight excluding hydrogens is 353 g/mol. The van der Waals surface area contributed by atoms with Crippen LogP contribution in [0.2, 0.25) is 0 Å². The number of aromatic nitrogens is 2. The fraction of sp³-hybridized carbons (Fsp3) is 0.118. The first-order valence-electron chi connectivity index (χ1n) is 7.30. The fourth-order valence-electron chi connectivity index (χ4n) is 2.35. The van der Waals surface area contributed by atoms with Crippen molar-refractivity contribution in [2.45, 2.75) is 6.18 Å². The second-order valence-corrected chi connectivity index (χ2v) is 5.38. The van der Waals surface area contributed by atoms with E-state index in [0.29, 0.717) is 28.2 Å². The lowest BCUT2D eigenvalue weighted by Crippen LogP contribution is -2.16. The summed E-state index contributed by atoms with van der Waals surface area (Å²) >= 11 is 0. The van der Waals surface area contributed by atoms with Crippen molar-refractivity contribution in [2.75, 3.05) is 6.61 Å². The summed E-state index contributed by atoms with van der Waals surface area (Å²) < 4.78 is 43.5. The minimum atomic E-state index is -4.73. The van der Waals surface area contributed by atoms with Crippen molar-refractivity contribution in [3.8, 4) is 17.1 Å². The van der Waals surface area contributed by atoms with Gasteiger partial charge in [0, 0.05) is 11.6 Å². The van der Waals surface area contributed by atoms with E-state index in [1.54, 1.807) is 24.3 Å². The zero-order valence-electron chi connectivity index (χ0n) is 13.0. The zero-order valence-corrected chi connectivity index (χ0v) is 13.0. The maximum atomic E-state index is 12.8. The molecule has 134 valence electrons. The summed E-state index contributed by atoms with van der Waals surface area (Å²) in [6.45, 7) is -0.487. The molecule has 1 heterocycles. The van der Waals surface area contributed by atoms with Crippen molar-refractivity contribution >= 4 is 16.7 Å². The number of carbonyl (C=O) groups is 1. The standard InChI is InChI=1S/C17H11F3N2O4/c18-17(19,20)13-7-14(23)22-16(21-13)11-2-1-10-6-12(26-8-15(24)25)4-3-9(10)5-11/h1-7H,8H2,(H,24,25)(H,21,22,23). The van der Waals surface area contributed by atoms with E-state index < -0.39 is 30.0 Å². The van der Waals surface area contributed by atoms with Crippen LogP contribution >= 0.6 is 0 Å². The van der Waals surface area contributed by atoms with Crippen LogP contribution in [0, 0.1) is 0 Å². The van der Waals surface area contributed by atoms with Crippen molar-refractivity contribution in [1.82, 2.24) is 9.97 Å². The number of alkyl halides is 3. The molecule has 6 nitrogen and oxygen atoms in total. The van der Waals surface area contributed by atoms with Gasteiger partial charge in [-0.25, -0.2) is 9.78 Å². The highest BCUT2D eigenvalue weighted by Crippen LogP contribution is 2.29. The van der Waals surface area contributed by atoms with Crippen molar-refractivity contribution in [3.63, 3.8) is 0 Å². The van der Waals surface area contributed by atoms with Crippen LogP contribution in [0.4, 0.5) is 13.2 Å². The molecule has 0 aliphatic rings. The van der Waals surface area contributed by atoms with Gasteiger partial charge in [0.1, 0.15) is 11.6 Å². The Kier molecular flexibility index (Phi) is 4.37. The highest BCUT2D eigenvalue weighted by molar-refractivity contribution is 5.87. The Morgan fingerprint density at radius 2 is 1.81 bits per heavy atom. The first kappa shape index (κ1) is 17.5. The minimum Gasteiger partial charge on any atom is -0.482 e. The summed E-state index contributed by atoms with van der Waals surface area (Å²) in [6, 6.07) is 9.84. The second kappa shape index (κ2) is 6.51. The molecule has 3 rings (SSSR count). The number of hydrogen-bond acceptors (Lipinski definition) is 4. The number of ether oxygens (including phenoxy) is 1. The topological polar surface area (TPSA) is 92.3 Å². The lowest BCUT2D eigenvalue weighted by Gasteiger charge is -2.09. The number of H-pyrrole nitrogens is 1. The lowest BCUT2D eigenvalue weighted by atomic mass is 10.1. The first-order chi connectivity index (χ1) is 12.2. The van der Waals surface area contributed by atoms with Gasteiger partial charge in [-0.1, -0.05) is 18.2 Å². The molecule has 3 aromatic rings. The van der Waals surface area contributed by atoms with E-state index in [1.165, 1.54) is 12.1 Å². The van der Waals surface area contributed by atoms with E-state index in [-0.39, 0.29) is 5.82 Å². The number of aliphatic carboxylic acids is 1. The minimum absolute atomic E-state index is 0.196. The van der Waals surface area contributed by atoms with E-state index >= 15 is 0 Å². The molecule has 0 atom stereocenters. The maximum absolute atomic E-state index is 12.8. The predicted molar refractivity (Wildman–Crippen MR) is 85.9 cm³/mol. The Morgan fingerprint density at radius 3 is 2.50 bits per heavy atom. The van der Waals surface area contributed by atoms with Crippen LogP contribution in [0.15, 0.2) is 47.3 Å². The Balaban J connectivity index is 1.99. The van der Waals surface area contributed by atoms with Gasteiger partial charge in [0.05, 0.1) is 0 Å². The summed E-state index contributed by atoms with van der Waals surface area (Å²) in [5, 5.41) is 9.96. The van der Waals surface area contributed by atoms with E-state index in [1.807, 2.05) is 0 Å². The summed E-state index contributed by atoms with van der Waals surface area (Å²) in [4.78, 5) is 27.8. The van der Waals surface area contributed by atoms with Crippen LogP contribution in [0.3, 0.4) is 0 Å². The monoisotopic (exact) mass is 364 g/mol. The lowest BCUT2D eigenvalue weighted by molar-refractivity contribution is -0.141. The van der Waals surface area contributed by atoms with Crippen LogP contribution in [0.25, 0.3) is 22.2 Å².